The average molecular weight is 291 g/mol. The Morgan fingerprint density at radius 2 is 1.73 bits per heavy atom. The molecule has 0 bridgehead atoms. The molecule has 0 amide bonds. The van der Waals surface area contributed by atoms with Crippen LogP contribution in [0.4, 0.5) is 0 Å². The summed E-state index contributed by atoms with van der Waals surface area (Å²) in [6, 6.07) is 13.6. The smallest absolute Gasteiger partial charge is 0.123 e. The summed E-state index contributed by atoms with van der Waals surface area (Å²) in [5, 5.41) is 16.5. The van der Waals surface area contributed by atoms with Crippen LogP contribution < -0.4 is 11.5 Å². The molecule has 2 aromatic carbocycles. The number of nitrogens with two attached hydrogens (primary N) is 2. The van der Waals surface area contributed by atoms with Crippen molar-refractivity contribution in [2.24, 2.45) is 11.5 Å². The molecule has 0 aliphatic heterocycles. The maximum absolute atomic E-state index is 7.85. The van der Waals surface area contributed by atoms with Crippen molar-refractivity contribution < 1.29 is 0 Å². The van der Waals surface area contributed by atoms with Crippen molar-refractivity contribution in [1.82, 2.24) is 4.98 Å². The number of aromatic amines is 1. The largest absolute Gasteiger partial charge is 0.384 e. The zero-order valence-corrected chi connectivity index (χ0v) is 12.2. The zero-order chi connectivity index (χ0) is 15.9. The quantitative estimate of drug-likeness (QED) is 0.377. The van der Waals surface area contributed by atoms with E-state index in [0.717, 1.165) is 27.7 Å². The molecule has 1 aromatic heterocycles. The van der Waals surface area contributed by atoms with Crippen LogP contribution >= 0.6 is 0 Å². The van der Waals surface area contributed by atoms with Crippen LogP contribution in [0.5, 0.6) is 0 Å². The Morgan fingerprint density at radius 3 is 2.36 bits per heavy atom. The van der Waals surface area contributed by atoms with Crippen LogP contribution in [0, 0.1) is 17.7 Å². The van der Waals surface area contributed by atoms with E-state index in [-0.39, 0.29) is 11.7 Å². The van der Waals surface area contributed by atoms with E-state index < -0.39 is 0 Å². The van der Waals surface area contributed by atoms with Crippen molar-refractivity contribution in [1.29, 1.82) is 10.8 Å². The van der Waals surface area contributed by atoms with Crippen LogP contribution in [-0.4, -0.2) is 16.7 Å². The summed E-state index contributed by atoms with van der Waals surface area (Å²) < 4.78 is 0. The first kappa shape index (κ1) is 13.9. The molecule has 1 heterocycles. The average Bonchev–Trinajstić information content (AvgIpc) is 2.89. The van der Waals surface area contributed by atoms with Gasteiger partial charge in [-0.05, 0) is 36.8 Å². The third-order valence-corrected chi connectivity index (χ3v) is 3.74. The number of hydrogen-bond donors (Lipinski definition) is 5. The van der Waals surface area contributed by atoms with Crippen LogP contribution in [0.25, 0.3) is 22.2 Å². The summed E-state index contributed by atoms with van der Waals surface area (Å²) >= 11 is 0. The minimum Gasteiger partial charge on any atom is -0.384 e. The topological polar surface area (TPSA) is 116 Å². The number of rotatable bonds is 3. The number of amidine groups is 2. The highest BCUT2D eigenvalue weighted by Crippen LogP contribution is 2.30. The first-order chi connectivity index (χ1) is 10.5. The van der Waals surface area contributed by atoms with Crippen molar-refractivity contribution in [2.45, 2.75) is 6.92 Å². The first-order valence-electron chi connectivity index (χ1n) is 6.89. The zero-order valence-electron chi connectivity index (χ0n) is 12.2. The van der Waals surface area contributed by atoms with E-state index in [1.54, 1.807) is 6.07 Å². The highest BCUT2D eigenvalue weighted by Gasteiger charge is 2.15. The van der Waals surface area contributed by atoms with E-state index in [4.69, 9.17) is 22.3 Å². The second-order valence-corrected chi connectivity index (χ2v) is 5.31. The van der Waals surface area contributed by atoms with Gasteiger partial charge < -0.3 is 16.5 Å². The molecule has 0 aliphatic rings. The Hall–Kier alpha value is -3.08. The molecule has 0 atom stereocenters. The van der Waals surface area contributed by atoms with Crippen molar-refractivity contribution in [3.8, 4) is 11.3 Å². The molecular weight excluding hydrogens is 274 g/mol. The minimum absolute atomic E-state index is 0.0335. The van der Waals surface area contributed by atoms with Gasteiger partial charge in [-0.15, -0.1) is 0 Å². The normalized spacial score (nSPS) is 10.8. The SMILES string of the molecule is Cc1cc(C(=N)N)cc(C(=N)N)c1-c1cc2ccccc2[nH]1. The van der Waals surface area contributed by atoms with Gasteiger partial charge in [-0.1, -0.05) is 18.2 Å². The molecule has 0 saturated carbocycles. The van der Waals surface area contributed by atoms with Gasteiger partial charge in [0.15, 0.2) is 0 Å². The molecule has 3 rings (SSSR count). The van der Waals surface area contributed by atoms with E-state index in [1.807, 2.05) is 43.3 Å². The Balaban J connectivity index is 2.29. The lowest BCUT2D eigenvalue weighted by molar-refractivity contribution is 1.33. The molecule has 5 nitrogen and oxygen atoms in total. The first-order valence-corrected chi connectivity index (χ1v) is 6.89. The number of hydrogen-bond acceptors (Lipinski definition) is 2. The molecule has 110 valence electrons. The lowest BCUT2D eigenvalue weighted by Gasteiger charge is -2.13. The van der Waals surface area contributed by atoms with E-state index >= 15 is 0 Å². The number of benzene rings is 2. The molecule has 5 heteroatoms. The van der Waals surface area contributed by atoms with Crippen LogP contribution in [0.1, 0.15) is 16.7 Å². The Kier molecular flexibility index (Phi) is 3.18. The second kappa shape index (κ2) is 5.04. The van der Waals surface area contributed by atoms with Gasteiger partial charge in [0.05, 0.1) is 0 Å². The fourth-order valence-corrected chi connectivity index (χ4v) is 2.72. The summed E-state index contributed by atoms with van der Waals surface area (Å²) in [4.78, 5) is 3.36. The van der Waals surface area contributed by atoms with E-state index in [2.05, 4.69) is 4.98 Å². The number of H-pyrrole nitrogens is 1. The molecule has 0 saturated heterocycles. The fraction of sp³-hybridized carbons (Fsp3) is 0.0588. The number of nitrogens with one attached hydrogen (secondary N) is 3. The van der Waals surface area contributed by atoms with Gasteiger partial charge in [-0.3, -0.25) is 10.8 Å². The van der Waals surface area contributed by atoms with Gasteiger partial charge in [-0.2, -0.15) is 0 Å². The predicted molar refractivity (Wildman–Crippen MR) is 90.5 cm³/mol. The highest BCUT2D eigenvalue weighted by molar-refractivity contribution is 6.06. The van der Waals surface area contributed by atoms with Gasteiger partial charge in [0.25, 0.3) is 0 Å². The Labute approximate surface area is 128 Å². The lowest BCUT2D eigenvalue weighted by Crippen LogP contribution is -2.17. The maximum Gasteiger partial charge on any atom is 0.123 e. The lowest BCUT2D eigenvalue weighted by atomic mass is 9.95. The molecule has 3 aromatic rings. The third-order valence-electron chi connectivity index (χ3n) is 3.74. The third kappa shape index (κ3) is 2.22. The van der Waals surface area contributed by atoms with Gasteiger partial charge >= 0.3 is 0 Å². The monoisotopic (exact) mass is 291 g/mol. The van der Waals surface area contributed by atoms with Gasteiger partial charge in [0, 0.05) is 33.3 Å². The Bertz CT molecular complexity index is 872. The predicted octanol–water partition coefficient (Wildman–Crippen LogP) is 2.71. The van der Waals surface area contributed by atoms with Crippen molar-refractivity contribution in [2.75, 3.05) is 0 Å². The van der Waals surface area contributed by atoms with Crippen LogP contribution in [-0.2, 0) is 0 Å². The summed E-state index contributed by atoms with van der Waals surface area (Å²) in [7, 11) is 0. The summed E-state index contributed by atoms with van der Waals surface area (Å²) in [6.07, 6.45) is 0. The van der Waals surface area contributed by atoms with Crippen LogP contribution in [0.2, 0.25) is 0 Å². The van der Waals surface area contributed by atoms with Crippen LogP contribution in [0.3, 0.4) is 0 Å². The molecular formula is C17H17N5. The number of para-hydroxylation sites is 1. The number of nitrogen functional groups attached to an aromatic ring is 2. The molecule has 0 unspecified atom stereocenters. The number of fused-ring (bicyclic) bond motifs is 1. The number of aromatic nitrogens is 1. The van der Waals surface area contributed by atoms with Gasteiger partial charge in [-0.25, -0.2) is 0 Å². The molecule has 0 aliphatic carbocycles. The molecule has 0 spiro atoms. The second-order valence-electron chi connectivity index (χ2n) is 5.31. The van der Waals surface area contributed by atoms with Crippen LogP contribution in [0.15, 0.2) is 42.5 Å². The van der Waals surface area contributed by atoms with Crippen molar-refractivity contribution in [3.05, 3.63) is 59.2 Å². The number of aryl methyl sites for hydroxylation is 1. The van der Waals surface area contributed by atoms with Gasteiger partial charge in [0.2, 0.25) is 0 Å². The van der Waals surface area contributed by atoms with Gasteiger partial charge in [0.1, 0.15) is 11.7 Å². The fourth-order valence-electron chi connectivity index (χ4n) is 2.72. The summed E-state index contributed by atoms with van der Waals surface area (Å²) in [5.74, 6) is -0.0753. The van der Waals surface area contributed by atoms with E-state index in [0.29, 0.717) is 11.1 Å². The Morgan fingerprint density at radius 1 is 1.00 bits per heavy atom. The molecule has 7 N–H and O–H groups in total. The molecule has 0 fully saturated rings. The van der Waals surface area contributed by atoms with Crippen molar-refractivity contribution >= 4 is 22.6 Å². The molecule has 0 radical (unpaired) electrons. The van der Waals surface area contributed by atoms with Crippen molar-refractivity contribution in [3.63, 3.8) is 0 Å². The standard InChI is InChI=1S/C17H17N5/c1-9-6-11(16(18)19)7-12(17(20)21)15(9)14-8-10-4-2-3-5-13(10)22-14/h2-8,22H,1H3,(H3,18,19)(H3,20,21). The van der Waals surface area contributed by atoms with E-state index in [1.165, 1.54) is 0 Å². The minimum atomic E-state index is -0.0418. The summed E-state index contributed by atoms with van der Waals surface area (Å²) in [6.45, 7) is 1.93. The van der Waals surface area contributed by atoms with E-state index in [9.17, 15) is 0 Å². The maximum atomic E-state index is 7.85. The summed E-state index contributed by atoms with van der Waals surface area (Å²) in [5.41, 5.74) is 16.2. The molecule has 22 heavy (non-hydrogen) atoms. The highest BCUT2D eigenvalue weighted by atomic mass is 14.7.